The maximum Gasteiger partial charge on any atom is 0.331 e. The first-order valence-electron chi connectivity index (χ1n) is 10.0. The summed E-state index contributed by atoms with van der Waals surface area (Å²) in [6.45, 7) is 1.25. The van der Waals surface area contributed by atoms with Crippen LogP contribution in [-0.4, -0.2) is 51.0 Å². The number of nitrogens with one attached hydrogen (secondary N) is 1. The second-order valence-electron chi connectivity index (χ2n) is 7.89. The van der Waals surface area contributed by atoms with E-state index < -0.39 is 82.1 Å². The van der Waals surface area contributed by atoms with Crippen LogP contribution in [0.4, 0.5) is 22.4 Å². The highest BCUT2D eigenvalue weighted by Gasteiger charge is 2.64. The van der Waals surface area contributed by atoms with Crippen molar-refractivity contribution >= 4 is 29.7 Å². The van der Waals surface area contributed by atoms with Crippen molar-refractivity contribution in [3.05, 3.63) is 34.4 Å². The molecule has 0 radical (unpaired) electrons. The van der Waals surface area contributed by atoms with Gasteiger partial charge in [0.15, 0.2) is 23.3 Å². The molecule has 8 nitrogen and oxygen atoms in total. The molecule has 2 aliphatic heterocycles. The first kappa shape index (κ1) is 21.9. The summed E-state index contributed by atoms with van der Waals surface area (Å²) in [5, 5.41) is 1.94. The number of hydrogen-bond acceptors (Lipinski definition) is 5. The molecule has 4 rings (SSSR count). The molecule has 3 aliphatic rings. The van der Waals surface area contributed by atoms with Gasteiger partial charge in [-0.2, -0.15) is 0 Å². The van der Waals surface area contributed by atoms with Gasteiger partial charge in [0.2, 0.25) is 5.54 Å². The Kier molecular flexibility index (Phi) is 5.05. The Morgan fingerprint density at radius 3 is 1.81 bits per heavy atom. The Morgan fingerprint density at radius 2 is 1.34 bits per heavy atom. The third-order valence-electron chi connectivity index (χ3n) is 6.32. The van der Waals surface area contributed by atoms with Crippen molar-refractivity contribution in [2.45, 2.75) is 57.0 Å². The zero-order valence-corrected chi connectivity index (χ0v) is 16.8. The largest absolute Gasteiger partial charge is 0.331 e. The third kappa shape index (κ3) is 2.64. The van der Waals surface area contributed by atoms with E-state index in [9.17, 15) is 41.5 Å². The Labute approximate surface area is 178 Å². The lowest BCUT2D eigenvalue weighted by Gasteiger charge is -2.45. The average molecular weight is 455 g/mol. The summed E-state index contributed by atoms with van der Waals surface area (Å²) in [7, 11) is 0. The first-order valence-corrected chi connectivity index (χ1v) is 10.0. The van der Waals surface area contributed by atoms with E-state index in [1.54, 1.807) is 0 Å². The molecule has 12 heteroatoms. The molecule has 1 unspecified atom stereocenters. The SMILES string of the molecule is CCC1(N2C(=O)c3c(F)c(F)c(F)c(F)c3C2=O)C(=O)NC(=O)N(C2CCCCC2)C1=O. The number of hydrogen-bond donors (Lipinski definition) is 1. The molecule has 1 aliphatic carbocycles. The van der Waals surface area contributed by atoms with Crippen molar-refractivity contribution in [2.24, 2.45) is 0 Å². The van der Waals surface area contributed by atoms with Crippen LogP contribution < -0.4 is 5.32 Å². The Bertz CT molecular complexity index is 1050. The number of nitrogens with zero attached hydrogens (tertiary/aromatic N) is 2. The molecule has 2 fully saturated rings. The van der Waals surface area contributed by atoms with Crippen molar-refractivity contribution < 1.29 is 41.5 Å². The van der Waals surface area contributed by atoms with E-state index in [4.69, 9.17) is 0 Å². The number of urea groups is 1. The van der Waals surface area contributed by atoms with Gasteiger partial charge in [-0.15, -0.1) is 0 Å². The van der Waals surface area contributed by atoms with Gasteiger partial charge in [-0.3, -0.25) is 29.4 Å². The highest BCUT2D eigenvalue weighted by Crippen LogP contribution is 2.39. The van der Waals surface area contributed by atoms with E-state index in [1.165, 1.54) is 6.92 Å². The molecular weight excluding hydrogens is 438 g/mol. The van der Waals surface area contributed by atoms with E-state index in [1.807, 2.05) is 5.32 Å². The molecule has 1 saturated carbocycles. The van der Waals surface area contributed by atoms with Gasteiger partial charge in [0.05, 0.1) is 11.1 Å². The van der Waals surface area contributed by atoms with Gasteiger partial charge in [0.1, 0.15) is 0 Å². The molecule has 0 spiro atoms. The number of imide groups is 3. The number of halogens is 4. The van der Waals surface area contributed by atoms with Crippen LogP contribution in [-0.2, 0) is 9.59 Å². The third-order valence-corrected chi connectivity index (χ3v) is 6.32. The molecule has 1 aromatic rings. The van der Waals surface area contributed by atoms with Gasteiger partial charge in [0.25, 0.3) is 23.6 Å². The minimum absolute atomic E-state index is 0.00262. The highest BCUT2D eigenvalue weighted by atomic mass is 19.2. The van der Waals surface area contributed by atoms with Crippen molar-refractivity contribution in [1.29, 1.82) is 0 Å². The lowest BCUT2D eigenvalue weighted by Crippen LogP contribution is -2.75. The number of amides is 6. The van der Waals surface area contributed by atoms with Crippen LogP contribution in [0, 0.1) is 23.3 Å². The first-order chi connectivity index (χ1) is 15.1. The van der Waals surface area contributed by atoms with E-state index in [0.29, 0.717) is 25.7 Å². The summed E-state index contributed by atoms with van der Waals surface area (Å²) in [6.07, 6.45) is 2.55. The molecule has 1 saturated heterocycles. The van der Waals surface area contributed by atoms with Crippen LogP contribution in [0.25, 0.3) is 0 Å². The maximum atomic E-state index is 14.3. The fourth-order valence-electron chi connectivity index (χ4n) is 4.68. The predicted octanol–water partition coefficient (Wildman–Crippen LogP) is 2.40. The van der Waals surface area contributed by atoms with Crippen LogP contribution in [0.15, 0.2) is 0 Å². The van der Waals surface area contributed by atoms with Crippen LogP contribution in [0.2, 0.25) is 0 Å². The summed E-state index contributed by atoms with van der Waals surface area (Å²) < 4.78 is 56.1. The smallest absolute Gasteiger partial charge is 0.275 e. The lowest BCUT2D eigenvalue weighted by atomic mass is 9.86. The fraction of sp³-hybridized carbons (Fsp3) is 0.450. The quantitative estimate of drug-likeness (QED) is 0.248. The van der Waals surface area contributed by atoms with Crippen molar-refractivity contribution in [1.82, 2.24) is 15.1 Å². The molecule has 1 aromatic carbocycles. The van der Waals surface area contributed by atoms with Crippen molar-refractivity contribution in [2.75, 3.05) is 0 Å². The van der Waals surface area contributed by atoms with E-state index in [-0.39, 0.29) is 4.90 Å². The highest BCUT2D eigenvalue weighted by molar-refractivity contribution is 6.31. The number of fused-ring (bicyclic) bond motifs is 1. The fourth-order valence-corrected chi connectivity index (χ4v) is 4.68. The molecule has 2 heterocycles. The number of carbonyl (C=O) groups is 5. The normalized spacial score (nSPS) is 24.3. The second kappa shape index (κ2) is 7.38. The summed E-state index contributed by atoms with van der Waals surface area (Å²) in [6, 6.07) is -1.66. The Balaban J connectivity index is 1.87. The molecule has 0 aromatic heterocycles. The summed E-state index contributed by atoms with van der Waals surface area (Å²) in [5.41, 5.74) is -5.49. The molecule has 0 bridgehead atoms. The van der Waals surface area contributed by atoms with Crippen LogP contribution >= 0.6 is 0 Å². The Hall–Kier alpha value is -3.31. The Morgan fingerprint density at radius 1 is 0.844 bits per heavy atom. The molecule has 170 valence electrons. The monoisotopic (exact) mass is 455 g/mol. The van der Waals surface area contributed by atoms with Gasteiger partial charge in [-0.25, -0.2) is 27.3 Å². The predicted molar refractivity (Wildman–Crippen MR) is 97.1 cm³/mol. The van der Waals surface area contributed by atoms with Crippen LogP contribution in [0.5, 0.6) is 0 Å². The summed E-state index contributed by atoms with van der Waals surface area (Å²) in [4.78, 5) is 65.5. The average Bonchev–Trinajstić information content (AvgIpc) is 3.03. The maximum absolute atomic E-state index is 14.3. The number of benzene rings is 1. The number of barbiturate groups is 1. The summed E-state index contributed by atoms with van der Waals surface area (Å²) in [5.74, 6) is -14.8. The van der Waals surface area contributed by atoms with E-state index in [2.05, 4.69) is 0 Å². The van der Waals surface area contributed by atoms with E-state index in [0.717, 1.165) is 11.3 Å². The van der Waals surface area contributed by atoms with Gasteiger partial charge in [0, 0.05) is 6.04 Å². The standard InChI is InChI=1S/C20H17F4N3O5/c1-2-20(17(30)25-19(32)26(18(20)31)8-6-4-3-5-7-8)27-15(28)9-10(16(27)29)12(22)14(24)13(23)11(9)21/h8H,2-7H2,1H3,(H,25,30,32). The van der Waals surface area contributed by atoms with Gasteiger partial charge in [-0.1, -0.05) is 26.2 Å². The van der Waals surface area contributed by atoms with Gasteiger partial charge < -0.3 is 0 Å². The zero-order chi connectivity index (χ0) is 23.5. The van der Waals surface area contributed by atoms with Crippen molar-refractivity contribution in [3.63, 3.8) is 0 Å². The second-order valence-corrected chi connectivity index (χ2v) is 7.89. The zero-order valence-electron chi connectivity index (χ0n) is 16.8. The van der Waals surface area contributed by atoms with Crippen LogP contribution in [0.3, 0.4) is 0 Å². The molecule has 1 atom stereocenters. The molecule has 6 amide bonds. The van der Waals surface area contributed by atoms with E-state index >= 15 is 0 Å². The minimum Gasteiger partial charge on any atom is -0.275 e. The lowest BCUT2D eigenvalue weighted by molar-refractivity contribution is -0.153. The molecular formula is C20H17F4N3O5. The number of carbonyl (C=O) groups excluding carboxylic acids is 5. The molecule has 32 heavy (non-hydrogen) atoms. The van der Waals surface area contributed by atoms with Gasteiger partial charge >= 0.3 is 6.03 Å². The topological polar surface area (TPSA) is 104 Å². The van der Waals surface area contributed by atoms with Crippen molar-refractivity contribution in [3.8, 4) is 0 Å². The van der Waals surface area contributed by atoms with Gasteiger partial charge in [-0.05, 0) is 19.3 Å². The summed E-state index contributed by atoms with van der Waals surface area (Å²) >= 11 is 0. The molecule has 1 N–H and O–H groups in total. The minimum atomic E-state index is -2.66. The van der Waals surface area contributed by atoms with Crippen LogP contribution in [0.1, 0.15) is 66.2 Å². The number of rotatable bonds is 3.